The van der Waals surface area contributed by atoms with Crippen molar-refractivity contribution in [2.24, 2.45) is 0 Å². The van der Waals surface area contributed by atoms with E-state index in [4.69, 9.17) is 9.47 Å². The number of hydrogen-bond donors (Lipinski definition) is 1. The van der Waals surface area contributed by atoms with E-state index in [9.17, 15) is 0 Å². The Bertz CT molecular complexity index is 172. The summed E-state index contributed by atoms with van der Waals surface area (Å²) in [6.07, 6.45) is 0. The molecule has 1 N–H and O–H groups in total. The van der Waals surface area contributed by atoms with Crippen molar-refractivity contribution >= 4 is 0 Å². The second-order valence-electron chi connectivity index (χ2n) is 5.09. The summed E-state index contributed by atoms with van der Waals surface area (Å²) >= 11 is 0. The molecule has 1 atom stereocenters. The summed E-state index contributed by atoms with van der Waals surface area (Å²) in [5.74, 6) is 0. The topological polar surface area (TPSA) is 30.5 Å². The summed E-state index contributed by atoms with van der Waals surface area (Å²) in [4.78, 5) is 0. The average molecular weight is 187 g/mol. The minimum absolute atomic E-state index is 0.0611. The third-order valence-corrected chi connectivity index (χ3v) is 1.91. The highest BCUT2D eigenvalue weighted by Crippen LogP contribution is 2.16. The van der Waals surface area contributed by atoms with Gasteiger partial charge in [-0.05, 0) is 34.6 Å². The highest BCUT2D eigenvalue weighted by molar-refractivity contribution is 4.82. The van der Waals surface area contributed by atoms with Gasteiger partial charge in [0.25, 0.3) is 0 Å². The lowest BCUT2D eigenvalue weighted by Gasteiger charge is -2.23. The maximum atomic E-state index is 5.66. The molecular weight excluding hydrogens is 166 g/mol. The molecule has 1 aliphatic rings. The average Bonchev–Trinajstić information content (AvgIpc) is 2.24. The van der Waals surface area contributed by atoms with E-state index in [1.165, 1.54) is 0 Å². The quantitative estimate of drug-likeness (QED) is 0.711. The zero-order valence-corrected chi connectivity index (χ0v) is 9.31. The first-order valence-corrected chi connectivity index (χ1v) is 4.84. The molecule has 0 aliphatic carbocycles. The minimum atomic E-state index is -0.189. The van der Waals surface area contributed by atoms with Crippen molar-refractivity contribution < 1.29 is 9.47 Å². The molecule has 1 saturated heterocycles. The highest BCUT2D eigenvalue weighted by Gasteiger charge is 2.31. The van der Waals surface area contributed by atoms with Crippen molar-refractivity contribution in [3.63, 3.8) is 0 Å². The van der Waals surface area contributed by atoms with Crippen LogP contribution in [0.1, 0.15) is 34.6 Å². The number of ether oxygens (including phenoxy) is 2. The SMILES string of the molecule is CC(C)(C)OC[C@H]1COC(C)(C)N1. The standard InChI is InChI=1S/C10H21NO2/c1-9(2,3)12-6-8-7-13-10(4,5)11-8/h8,11H,6-7H2,1-5H3/t8-/m0/s1. The molecule has 3 heteroatoms. The van der Waals surface area contributed by atoms with Crippen LogP contribution in [0.25, 0.3) is 0 Å². The molecule has 0 amide bonds. The van der Waals surface area contributed by atoms with Gasteiger partial charge in [-0.3, -0.25) is 5.32 Å². The molecule has 0 spiro atoms. The van der Waals surface area contributed by atoms with Gasteiger partial charge in [0, 0.05) is 0 Å². The van der Waals surface area contributed by atoms with Crippen LogP contribution in [0.2, 0.25) is 0 Å². The summed E-state index contributed by atoms with van der Waals surface area (Å²) in [5.41, 5.74) is -0.250. The predicted octanol–water partition coefficient (Wildman–Crippen LogP) is 1.53. The first kappa shape index (κ1) is 11.0. The Hall–Kier alpha value is -0.120. The fraction of sp³-hybridized carbons (Fsp3) is 1.00. The molecule has 0 bridgehead atoms. The maximum absolute atomic E-state index is 5.66. The normalized spacial score (nSPS) is 27.9. The lowest BCUT2D eigenvalue weighted by Crippen LogP contribution is -2.41. The lowest BCUT2D eigenvalue weighted by molar-refractivity contribution is -0.0132. The smallest absolute Gasteiger partial charge is 0.114 e. The second-order valence-corrected chi connectivity index (χ2v) is 5.09. The van der Waals surface area contributed by atoms with Crippen LogP contribution in [0.4, 0.5) is 0 Å². The minimum Gasteiger partial charge on any atom is -0.374 e. The molecule has 1 fully saturated rings. The molecule has 0 aromatic heterocycles. The Labute approximate surface area is 80.8 Å². The Kier molecular flexibility index (Phi) is 3.00. The van der Waals surface area contributed by atoms with Gasteiger partial charge in [0.1, 0.15) is 5.72 Å². The Balaban J connectivity index is 2.25. The third-order valence-electron chi connectivity index (χ3n) is 1.91. The van der Waals surface area contributed by atoms with Crippen LogP contribution in [0.5, 0.6) is 0 Å². The Morgan fingerprint density at radius 1 is 1.46 bits per heavy atom. The monoisotopic (exact) mass is 187 g/mol. The van der Waals surface area contributed by atoms with Crippen LogP contribution < -0.4 is 5.32 Å². The van der Waals surface area contributed by atoms with Gasteiger partial charge in [-0.25, -0.2) is 0 Å². The zero-order valence-electron chi connectivity index (χ0n) is 9.31. The van der Waals surface area contributed by atoms with Crippen molar-refractivity contribution in [3.8, 4) is 0 Å². The van der Waals surface area contributed by atoms with Crippen molar-refractivity contribution in [1.29, 1.82) is 0 Å². The van der Waals surface area contributed by atoms with Crippen molar-refractivity contribution in [1.82, 2.24) is 5.32 Å². The first-order chi connectivity index (χ1) is 5.79. The van der Waals surface area contributed by atoms with Crippen molar-refractivity contribution in [3.05, 3.63) is 0 Å². The van der Waals surface area contributed by atoms with Crippen LogP contribution in [-0.4, -0.2) is 30.6 Å². The molecule has 13 heavy (non-hydrogen) atoms. The lowest BCUT2D eigenvalue weighted by atomic mass is 10.2. The van der Waals surface area contributed by atoms with E-state index in [0.717, 1.165) is 6.61 Å². The van der Waals surface area contributed by atoms with Gasteiger partial charge in [-0.2, -0.15) is 0 Å². The van der Waals surface area contributed by atoms with Crippen LogP contribution in [0, 0.1) is 0 Å². The third kappa shape index (κ3) is 4.07. The van der Waals surface area contributed by atoms with E-state index in [-0.39, 0.29) is 11.3 Å². The molecule has 1 rings (SSSR count). The van der Waals surface area contributed by atoms with Gasteiger partial charge in [0.15, 0.2) is 0 Å². The highest BCUT2D eigenvalue weighted by atomic mass is 16.5. The largest absolute Gasteiger partial charge is 0.374 e. The van der Waals surface area contributed by atoms with Gasteiger partial charge in [0.05, 0.1) is 24.9 Å². The van der Waals surface area contributed by atoms with Crippen molar-refractivity contribution in [2.45, 2.75) is 52.0 Å². The van der Waals surface area contributed by atoms with Gasteiger partial charge < -0.3 is 9.47 Å². The van der Waals surface area contributed by atoms with Crippen molar-refractivity contribution in [2.75, 3.05) is 13.2 Å². The summed E-state index contributed by atoms with van der Waals surface area (Å²) in [5, 5.41) is 3.36. The van der Waals surface area contributed by atoms with Gasteiger partial charge in [-0.15, -0.1) is 0 Å². The van der Waals surface area contributed by atoms with Gasteiger partial charge in [0.2, 0.25) is 0 Å². The summed E-state index contributed by atoms with van der Waals surface area (Å²) in [6, 6.07) is 0.328. The van der Waals surface area contributed by atoms with E-state index >= 15 is 0 Å². The number of rotatable bonds is 2. The molecule has 78 valence electrons. The van der Waals surface area contributed by atoms with Crippen LogP contribution in [0.15, 0.2) is 0 Å². The number of nitrogens with one attached hydrogen (secondary N) is 1. The second kappa shape index (κ2) is 3.56. The van der Waals surface area contributed by atoms with E-state index in [1.807, 2.05) is 13.8 Å². The van der Waals surface area contributed by atoms with E-state index in [0.29, 0.717) is 12.6 Å². The van der Waals surface area contributed by atoms with Crippen LogP contribution in [0.3, 0.4) is 0 Å². The molecule has 0 aromatic rings. The first-order valence-electron chi connectivity index (χ1n) is 4.84. The fourth-order valence-electron chi connectivity index (χ4n) is 1.32. The molecule has 0 aromatic carbocycles. The van der Waals surface area contributed by atoms with E-state index < -0.39 is 0 Å². The molecule has 1 aliphatic heterocycles. The van der Waals surface area contributed by atoms with Crippen LogP contribution >= 0.6 is 0 Å². The van der Waals surface area contributed by atoms with Gasteiger partial charge in [-0.1, -0.05) is 0 Å². The Morgan fingerprint density at radius 3 is 2.46 bits per heavy atom. The van der Waals surface area contributed by atoms with Crippen LogP contribution in [-0.2, 0) is 9.47 Å². The molecule has 0 saturated carbocycles. The molecule has 1 heterocycles. The molecule has 0 unspecified atom stereocenters. The summed E-state index contributed by atoms with van der Waals surface area (Å²) < 4.78 is 11.2. The Morgan fingerprint density at radius 2 is 2.08 bits per heavy atom. The summed E-state index contributed by atoms with van der Waals surface area (Å²) in [6.45, 7) is 11.7. The molecule has 0 radical (unpaired) electrons. The predicted molar refractivity (Wildman–Crippen MR) is 52.7 cm³/mol. The zero-order chi connectivity index (χ0) is 10.1. The summed E-state index contributed by atoms with van der Waals surface area (Å²) in [7, 11) is 0. The van der Waals surface area contributed by atoms with Gasteiger partial charge >= 0.3 is 0 Å². The van der Waals surface area contributed by atoms with E-state index in [2.05, 4.69) is 26.1 Å². The fourth-order valence-corrected chi connectivity index (χ4v) is 1.32. The van der Waals surface area contributed by atoms with E-state index in [1.54, 1.807) is 0 Å². The number of hydrogen-bond acceptors (Lipinski definition) is 3. The molecule has 3 nitrogen and oxygen atoms in total. The maximum Gasteiger partial charge on any atom is 0.114 e. The molecular formula is C10H21NO2.